The summed E-state index contributed by atoms with van der Waals surface area (Å²) in [7, 11) is 0. The van der Waals surface area contributed by atoms with Gasteiger partial charge in [0.25, 0.3) is 0 Å². The predicted molar refractivity (Wildman–Crippen MR) is 60.9 cm³/mol. The molecule has 0 heterocycles. The normalized spacial score (nSPS) is 12.4. The number of hydrogen-bond donors (Lipinski definition) is 0. The van der Waals surface area contributed by atoms with Crippen LogP contribution in [0.1, 0.15) is 25.8 Å². The van der Waals surface area contributed by atoms with Gasteiger partial charge in [-0.3, -0.25) is 4.79 Å². The lowest BCUT2D eigenvalue weighted by molar-refractivity contribution is -0.129. The summed E-state index contributed by atoms with van der Waals surface area (Å²) in [6.45, 7) is 4.32. The van der Waals surface area contributed by atoms with Crippen LogP contribution < -0.4 is 0 Å². The summed E-state index contributed by atoms with van der Waals surface area (Å²) in [6, 6.07) is 10.0. The highest BCUT2D eigenvalue weighted by molar-refractivity contribution is 5.82. The molecule has 0 N–H and O–H groups in total. The molecule has 0 amide bonds. The minimum atomic E-state index is -0.265. The lowest BCUT2D eigenvalue weighted by atomic mass is 10.1. The molecule has 0 bridgehead atoms. The molecule has 1 unspecified atom stereocenters. The second kappa shape index (κ2) is 6.36. The van der Waals surface area contributed by atoms with Crippen molar-refractivity contribution in [2.24, 2.45) is 0 Å². The van der Waals surface area contributed by atoms with E-state index in [4.69, 9.17) is 4.74 Å². The number of carbonyl (C=O) groups excluding carboxylic acids is 1. The van der Waals surface area contributed by atoms with Crippen LogP contribution in [0, 0.1) is 0 Å². The Kier molecular flexibility index (Phi) is 5.05. The van der Waals surface area contributed by atoms with Crippen molar-refractivity contribution in [1.29, 1.82) is 0 Å². The predicted octanol–water partition coefficient (Wildman–Crippen LogP) is 2.61. The van der Waals surface area contributed by atoms with Crippen molar-refractivity contribution in [1.82, 2.24) is 0 Å². The fraction of sp³-hybridized carbons (Fsp3) is 0.462. The quantitative estimate of drug-likeness (QED) is 0.715. The van der Waals surface area contributed by atoms with E-state index < -0.39 is 0 Å². The molecule has 0 fully saturated rings. The molecular formula is C13H18O2. The van der Waals surface area contributed by atoms with Crippen molar-refractivity contribution in [3.8, 4) is 0 Å². The third-order valence-electron chi connectivity index (χ3n) is 2.37. The largest absolute Gasteiger partial charge is 0.371 e. The van der Waals surface area contributed by atoms with Crippen LogP contribution >= 0.6 is 0 Å². The second-order valence-electron chi connectivity index (χ2n) is 3.55. The molecule has 1 rings (SSSR count). The third kappa shape index (κ3) is 4.26. The number of hydrogen-bond acceptors (Lipinski definition) is 2. The maximum atomic E-state index is 11.6. The number of rotatable bonds is 6. The molecule has 0 saturated heterocycles. The number of Topliss-reactive ketones (excluding diaryl/α,β-unsaturated/α-hetero) is 1. The zero-order valence-electron chi connectivity index (χ0n) is 9.40. The van der Waals surface area contributed by atoms with Crippen molar-refractivity contribution in [2.45, 2.75) is 32.8 Å². The van der Waals surface area contributed by atoms with Crippen LogP contribution in [0.5, 0.6) is 0 Å². The van der Waals surface area contributed by atoms with Gasteiger partial charge in [0.2, 0.25) is 0 Å². The third-order valence-corrected chi connectivity index (χ3v) is 2.37. The summed E-state index contributed by atoms with van der Waals surface area (Å²) in [5.41, 5.74) is 1.20. The van der Waals surface area contributed by atoms with Gasteiger partial charge in [0.15, 0.2) is 5.78 Å². The summed E-state index contributed by atoms with van der Waals surface area (Å²) < 4.78 is 5.24. The van der Waals surface area contributed by atoms with Crippen LogP contribution in [-0.2, 0) is 16.0 Å². The first-order valence-corrected chi connectivity index (χ1v) is 5.42. The highest BCUT2D eigenvalue weighted by Gasteiger charge is 2.11. The van der Waals surface area contributed by atoms with E-state index in [-0.39, 0.29) is 11.9 Å². The zero-order chi connectivity index (χ0) is 11.1. The fourth-order valence-corrected chi connectivity index (χ4v) is 1.46. The van der Waals surface area contributed by atoms with E-state index >= 15 is 0 Å². The van der Waals surface area contributed by atoms with Crippen molar-refractivity contribution in [3.63, 3.8) is 0 Å². The Labute approximate surface area is 91.3 Å². The standard InChI is InChI=1S/C13H18O2/c1-3-15-11(2)13(14)10-9-12-7-5-4-6-8-12/h4-8,11H,3,9-10H2,1-2H3. The molecule has 2 nitrogen and oxygen atoms in total. The topological polar surface area (TPSA) is 26.3 Å². The number of carbonyl (C=O) groups is 1. The summed E-state index contributed by atoms with van der Waals surface area (Å²) in [5.74, 6) is 0.181. The van der Waals surface area contributed by atoms with Crippen molar-refractivity contribution >= 4 is 5.78 Å². The summed E-state index contributed by atoms with van der Waals surface area (Å²) in [5, 5.41) is 0. The molecule has 1 aromatic carbocycles. The van der Waals surface area contributed by atoms with E-state index in [1.807, 2.05) is 44.2 Å². The Hall–Kier alpha value is -1.15. The van der Waals surface area contributed by atoms with Gasteiger partial charge in [-0.25, -0.2) is 0 Å². The minimum Gasteiger partial charge on any atom is -0.371 e. The molecule has 82 valence electrons. The Morgan fingerprint density at radius 3 is 2.60 bits per heavy atom. The van der Waals surface area contributed by atoms with E-state index in [1.54, 1.807) is 0 Å². The number of ketones is 1. The van der Waals surface area contributed by atoms with Gasteiger partial charge >= 0.3 is 0 Å². The van der Waals surface area contributed by atoms with Crippen LogP contribution in [0.2, 0.25) is 0 Å². The molecule has 0 aliphatic rings. The van der Waals surface area contributed by atoms with Crippen LogP contribution in [0.4, 0.5) is 0 Å². The van der Waals surface area contributed by atoms with Gasteiger partial charge in [-0.2, -0.15) is 0 Å². The molecule has 2 heteroatoms. The Bertz CT molecular complexity index is 293. The van der Waals surface area contributed by atoms with E-state index in [2.05, 4.69) is 0 Å². The maximum absolute atomic E-state index is 11.6. The molecule has 0 radical (unpaired) electrons. The Morgan fingerprint density at radius 2 is 2.00 bits per heavy atom. The molecule has 0 aliphatic carbocycles. The van der Waals surface area contributed by atoms with E-state index in [9.17, 15) is 4.79 Å². The summed E-state index contributed by atoms with van der Waals surface area (Å²) >= 11 is 0. The Morgan fingerprint density at radius 1 is 1.33 bits per heavy atom. The fourth-order valence-electron chi connectivity index (χ4n) is 1.46. The Balaban J connectivity index is 2.34. The highest BCUT2D eigenvalue weighted by Crippen LogP contribution is 2.05. The van der Waals surface area contributed by atoms with Gasteiger partial charge in [0.1, 0.15) is 6.10 Å². The van der Waals surface area contributed by atoms with E-state index in [0.717, 1.165) is 6.42 Å². The first-order chi connectivity index (χ1) is 7.24. The molecule has 0 saturated carbocycles. The molecule has 0 aliphatic heterocycles. The van der Waals surface area contributed by atoms with Gasteiger partial charge in [-0.15, -0.1) is 0 Å². The monoisotopic (exact) mass is 206 g/mol. The lowest BCUT2D eigenvalue weighted by Crippen LogP contribution is -2.20. The van der Waals surface area contributed by atoms with Crippen molar-refractivity contribution < 1.29 is 9.53 Å². The molecule has 0 aromatic heterocycles. The highest BCUT2D eigenvalue weighted by atomic mass is 16.5. The number of benzene rings is 1. The van der Waals surface area contributed by atoms with Crippen LogP contribution in [0.25, 0.3) is 0 Å². The summed E-state index contributed by atoms with van der Waals surface area (Å²) in [6.07, 6.45) is 1.10. The lowest BCUT2D eigenvalue weighted by Gasteiger charge is -2.09. The number of ether oxygens (including phenoxy) is 1. The first kappa shape index (κ1) is 11.9. The van der Waals surface area contributed by atoms with Crippen LogP contribution in [-0.4, -0.2) is 18.5 Å². The zero-order valence-corrected chi connectivity index (χ0v) is 9.40. The van der Waals surface area contributed by atoms with Crippen LogP contribution in [0.15, 0.2) is 30.3 Å². The second-order valence-corrected chi connectivity index (χ2v) is 3.55. The average Bonchev–Trinajstić information content (AvgIpc) is 2.27. The van der Waals surface area contributed by atoms with Crippen LogP contribution in [0.3, 0.4) is 0 Å². The average molecular weight is 206 g/mol. The van der Waals surface area contributed by atoms with Gasteiger partial charge < -0.3 is 4.74 Å². The van der Waals surface area contributed by atoms with Gasteiger partial charge in [-0.1, -0.05) is 30.3 Å². The van der Waals surface area contributed by atoms with E-state index in [0.29, 0.717) is 13.0 Å². The summed E-state index contributed by atoms with van der Waals surface area (Å²) in [4.78, 5) is 11.6. The van der Waals surface area contributed by atoms with Gasteiger partial charge in [0.05, 0.1) is 0 Å². The van der Waals surface area contributed by atoms with Gasteiger partial charge in [-0.05, 0) is 25.8 Å². The first-order valence-electron chi connectivity index (χ1n) is 5.42. The number of aryl methyl sites for hydroxylation is 1. The maximum Gasteiger partial charge on any atom is 0.161 e. The van der Waals surface area contributed by atoms with E-state index in [1.165, 1.54) is 5.56 Å². The molecule has 1 atom stereocenters. The molecule has 0 spiro atoms. The van der Waals surface area contributed by atoms with Crippen molar-refractivity contribution in [2.75, 3.05) is 6.61 Å². The minimum absolute atomic E-state index is 0.181. The smallest absolute Gasteiger partial charge is 0.161 e. The molecule has 15 heavy (non-hydrogen) atoms. The van der Waals surface area contributed by atoms with Crippen molar-refractivity contribution in [3.05, 3.63) is 35.9 Å². The SMILES string of the molecule is CCOC(C)C(=O)CCc1ccccc1. The van der Waals surface area contributed by atoms with Gasteiger partial charge in [0, 0.05) is 13.0 Å². The molecular weight excluding hydrogens is 188 g/mol. The molecule has 1 aromatic rings.